The monoisotopic (exact) mass is 174 g/mol. The molecule has 1 aromatic carbocycles. The van der Waals surface area contributed by atoms with E-state index in [9.17, 15) is 0 Å². The van der Waals surface area contributed by atoms with Crippen molar-refractivity contribution in [1.82, 2.24) is 0 Å². The third kappa shape index (κ3) is 2.00. The first-order valence-electron chi connectivity index (χ1n) is 4.31. The highest BCUT2D eigenvalue weighted by Gasteiger charge is 2.04. The van der Waals surface area contributed by atoms with E-state index in [1.54, 1.807) is 0 Å². The fraction of sp³-hybridized carbons (Fsp3) is 0.364. The van der Waals surface area contributed by atoms with Gasteiger partial charge in [0.25, 0.3) is 0 Å². The second-order valence-electron chi connectivity index (χ2n) is 3.23. The normalized spacial score (nSPS) is 9.38. The second kappa shape index (κ2) is 3.95. The van der Waals surface area contributed by atoms with Gasteiger partial charge < -0.3 is 4.90 Å². The molecule has 0 bridgehead atoms. The summed E-state index contributed by atoms with van der Waals surface area (Å²) in [7, 11) is 1.94. The van der Waals surface area contributed by atoms with Gasteiger partial charge >= 0.3 is 0 Å². The Labute approximate surface area is 79.4 Å². The highest BCUT2D eigenvalue weighted by atomic mass is 15.1. The van der Waals surface area contributed by atoms with E-state index in [4.69, 9.17) is 5.26 Å². The van der Waals surface area contributed by atoms with E-state index >= 15 is 0 Å². The fourth-order valence-electron chi connectivity index (χ4n) is 1.34. The molecule has 0 aliphatic carbocycles. The maximum Gasteiger partial charge on any atom is 0.105 e. The molecule has 0 unspecified atom stereocenters. The van der Waals surface area contributed by atoms with Crippen molar-refractivity contribution >= 4 is 5.69 Å². The quantitative estimate of drug-likeness (QED) is 0.643. The average molecular weight is 174 g/mol. The van der Waals surface area contributed by atoms with Gasteiger partial charge in [0.15, 0.2) is 0 Å². The van der Waals surface area contributed by atoms with Gasteiger partial charge in [0.05, 0.1) is 6.07 Å². The van der Waals surface area contributed by atoms with Crippen LogP contribution >= 0.6 is 0 Å². The van der Waals surface area contributed by atoms with Gasteiger partial charge in [-0.05, 0) is 31.0 Å². The molecule has 0 aliphatic heterocycles. The van der Waals surface area contributed by atoms with Crippen LogP contribution in [0.2, 0.25) is 0 Å². The van der Waals surface area contributed by atoms with Gasteiger partial charge in [0.1, 0.15) is 6.54 Å². The summed E-state index contributed by atoms with van der Waals surface area (Å²) >= 11 is 0. The zero-order valence-electron chi connectivity index (χ0n) is 8.33. The lowest BCUT2D eigenvalue weighted by molar-refractivity contribution is 1.02. The molecule has 13 heavy (non-hydrogen) atoms. The minimum absolute atomic E-state index is 0.435. The van der Waals surface area contributed by atoms with Gasteiger partial charge in [0.2, 0.25) is 0 Å². The summed E-state index contributed by atoms with van der Waals surface area (Å²) in [5.74, 6) is 0. The van der Waals surface area contributed by atoms with E-state index in [0.29, 0.717) is 6.54 Å². The molecule has 0 radical (unpaired) electrons. The lowest BCUT2D eigenvalue weighted by atomic mass is 10.1. The summed E-state index contributed by atoms with van der Waals surface area (Å²) < 4.78 is 0. The van der Waals surface area contributed by atoms with Crippen LogP contribution in [0.5, 0.6) is 0 Å². The molecule has 0 aromatic heterocycles. The van der Waals surface area contributed by atoms with Crippen molar-refractivity contribution in [3.8, 4) is 6.07 Å². The molecule has 0 aliphatic rings. The smallest absolute Gasteiger partial charge is 0.105 e. The van der Waals surface area contributed by atoms with E-state index < -0.39 is 0 Å². The molecule has 0 saturated carbocycles. The Morgan fingerprint density at radius 1 is 1.38 bits per heavy atom. The van der Waals surface area contributed by atoms with Crippen LogP contribution in [-0.2, 0) is 0 Å². The summed E-state index contributed by atoms with van der Waals surface area (Å²) in [4.78, 5) is 1.96. The molecule has 0 heterocycles. The van der Waals surface area contributed by atoms with Crippen molar-refractivity contribution in [2.45, 2.75) is 13.8 Å². The number of anilines is 1. The highest BCUT2D eigenvalue weighted by molar-refractivity contribution is 5.55. The van der Waals surface area contributed by atoms with Gasteiger partial charge in [-0.15, -0.1) is 0 Å². The van der Waals surface area contributed by atoms with Crippen LogP contribution in [0.3, 0.4) is 0 Å². The molecule has 1 aromatic rings. The zero-order valence-corrected chi connectivity index (χ0v) is 8.33. The summed E-state index contributed by atoms with van der Waals surface area (Å²) in [5, 5.41) is 8.57. The summed E-state index contributed by atoms with van der Waals surface area (Å²) in [5.41, 5.74) is 3.66. The van der Waals surface area contributed by atoms with Gasteiger partial charge in [-0.2, -0.15) is 5.26 Å². The van der Waals surface area contributed by atoms with Crippen LogP contribution in [0, 0.1) is 25.2 Å². The van der Waals surface area contributed by atoms with Crippen LogP contribution in [0.15, 0.2) is 18.2 Å². The second-order valence-corrected chi connectivity index (χ2v) is 3.23. The zero-order chi connectivity index (χ0) is 9.84. The van der Waals surface area contributed by atoms with Crippen molar-refractivity contribution in [3.63, 3.8) is 0 Å². The average Bonchev–Trinajstić information content (AvgIpc) is 2.10. The summed E-state index contributed by atoms with van der Waals surface area (Å²) in [6.45, 7) is 4.60. The molecule has 0 saturated heterocycles. The number of nitrogens with zero attached hydrogens (tertiary/aromatic N) is 2. The van der Waals surface area contributed by atoms with Crippen LogP contribution in [-0.4, -0.2) is 13.6 Å². The molecule has 0 amide bonds. The topological polar surface area (TPSA) is 27.0 Å². The third-order valence-electron chi connectivity index (χ3n) is 2.30. The number of nitriles is 1. The maximum absolute atomic E-state index is 8.57. The molecule has 0 atom stereocenters. The highest BCUT2D eigenvalue weighted by Crippen LogP contribution is 2.20. The Hall–Kier alpha value is -1.49. The Morgan fingerprint density at radius 2 is 2.08 bits per heavy atom. The number of hydrogen-bond acceptors (Lipinski definition) is 2. The Morgan fingerprint density at radius 3 is 2.69 bits per heavy atom. The molecule has 2 nitrogen and oxygen atoms in total. The maximum atomic E-state index is 8.57. The lowest BCUT2D eigenvalue weighted by Gasteiger charge is -2.18. The Balaban J connectivity index is 3.02. The van der Waals surface area contributed by atoms with E-state index in [1.807, 2.05) is 24.1 Å². The first-order valence-corrected chi connectivity index (χ1v) is 4.31. The molecular weight excluding hydrogens is 160 g/mol. The van der Waals surface area contributed by atoms with Gasteiger partial charge in [0, 0.05) is 12.7 Å². The van der Waals surface area contributed by atoms with Crippen LogP contribution < -0.4 is 4.90 Å². The first-order chi connectivity index (χ1) is 6.16. The molecule has 0 fully saturated rings. The molecule has 2 heteroatoms. The third-order valence-corrected chi connectivity index (χ3v) is 2.30. The summed E-state index contributed by atoms with van der Waals surface area (Å²) in [6, 6.07) is 8.28. The van der Waals surface area contributed by atoms with Gasteiger partial charge in [-0.1, -0.05) is 12.1 Å². The predicted octanol–water partition coefficient (Wildman–Crippen LogP) is 2.26. The van der Waals surface area contributed by atoms with Crippen molar-refractivity contribution in [3.05, 3.63) is 29.3 Å². The largest absolute Gasteiger partial charge is 0.361 e. The number of rotatable bonds is 2. The SMILES string of the molecule is Cc1cccc(N(C)CC#N)c1C. The molecular formula is C11H14N2. The van der Waals surface area contributed by atoms with Gasteiger partial charge in [-0.25, -0.2) is 0 Å². The fourth-order valence-corrected chi connectivity index (χ4v) is 1.34. The standard InChI is InChI=1S/C11H14N2/c1-9-5-4-6-11(10(9)2)13(3)8-7-12/h4-6H,8H2,1-3H3. The Kier molecular flexibility index (Phi) is 2.92. The molecule has 68 valence electrons. The van der Waals surface area contributed by atoms with E-state index in [2.05, 4.69) is 26.0 Å². The lowest BCUT2D eigenvalue weighted by Crippen LogP contribution is -2.18. The molecule has 1 rings (SSSR count). The van der Waals surface area contributed by atoms with Gasteiger partial charge in [-0.3, -0.25) is 0 Å². The van der Waals surface area contributed by atoms with E-state index in [1.165, 1.54) is 11.1 Å². The van der Waals surface area contributed by atoms with Crippen molar-refractivity contribution in [2.24, 2.45) is 0 Å². The number of benzene rings is 1. The van der Waals surface area contributed by atoms with E-state index in [0.717, 1.165) is 5.69 Å². The number of hydrogen-bond donors (Lipinski definition) is 0. The van der Waals surface area contributed by atoms with Crippen molar-refractivity contribution < 1.29 is 0 Å². The molecule has 0 spiro atoms. The summed E-state index contributed by atoms with van der Waals surface area (Å²) in [6.07, 6.45) is 0. The first kappa shape index (κ1) is 9.60. The number of aryl methyl sites for hydroxylation is 1. The molecule has 0 N–H and O–H groups in total. The Bertz CT molecular complexity index is 336. The van der Waals surface area contributed by atoms with Crippen LogP contribution in [0.1, 0.15) is 11.1 Å². The minimum Gasteiger partial charge on any atom is -0.361 e. The van der Waals surface area contributed by atoms with Crippen LogP contribution in [0.4, 0.5) is 5.69 Å². The van der Waals surface area contributed by atoms with Crippen LogP contribution in [0.25, 0.3) is 0 Å². The van der Waals surface area contributed by atoms with Crippen molar-refractivity contribution in [2.75, 3.05) is 18.5 Å². The van der Waals surface area contributed by atoms with Crippen molar-refractivity contribution in [1.29, 1.82) is 5.26 Å². The van der Waals surface area contributed by atoms with E-state index in [-0.39, 0.29) is 0 Å². The minimum atomic E-state index is 0.435. The predicted molar refractivity (Wildman–Crippen MR) is 54.8 cm³/mol.